The van der Waals surface area contributed by atoms with E-state index in [1.807, 2.05) is 18.8 Å². The number of nitrogens with one attached hydrogen (secondary N) is 2. The maximum absolute atomic E-state index is 12.0. The fourth-order valence-electron chi connectivity index (χ4n) is 2.47. The van der Waals surface area contributed by atoms with Gasteiger partial charge in [0.2, 0.25) is 11.9 Å². The summed E-state index contributed by atoms with van der Waals surface area (Å²) >= 11 is 1.84. The first-order chi connectivity index (χ1) is 10.7. The smallest absolute Gasteiger partial charge is 0.227 e. The van der Waals surface area contributed by atoms with Gasteiger partial charge in [-0.3, -0.25) is 10.1 Å². The number of amides is 1. The van der Waals surface area contributed by atoms with Gasteiger partial charge in [0.05, 0.1) is 0 Å². The molecule has 1 aromatic heterocycles. The SMILES string of the molecule is CCCCSCCC(=O)Nc1nc(C2CCNCC2)nn1C.Cl. The Kier molecular flexibility index (Phi) is 9.59. The predicted molar refractivity (Wildman–Crippen MR) is 98.6 cm³/mol. The van der Waals surface area contributed by atoms with Crippen molar-refractivity contribution < 1.29 is 4.79 Å². The number of carbonyl (C=O) groups is 1. The Hall–Kier alpha value is -0.790. The summed E-state index contributed by atoms with van der Waals surface area (Å²) in [5, 5.41) is 10.7. The molecule has 2 rings (SSSR count). The van der Waals surface area contributed by atoms with Gasteiger partial charge in [-0.1, -0.05) is 13.3 Å². The van der Waals surface area contributed by atoms with Gasteiger partial charge in [-0.05, 0) is 38.1 Å². The summed E-state index contributed by atoms with van der Waals surface area (Å²) in [5.74, 6) is 3.85. The maximum Gasteiger partial charge on any atom is 0.227 e. The third-order valence-corrected chi connectivity index (χ3v) is 4.92. The number of nitrogens with zero attached hydrogens (tertiary/aromatic N) is 3. The minimum absolute atomic E-state index is 0. The number of piperidine rings is 1. The van der Waals surface area contributed by atoms with Gasteiger partial charge in [0.1, 0.15) is 0 Å². The summed E-state index contributed by atoms with van der Waals surface area (Å²) in [6, 6.07) is 0. The van der Waals surface area contributed by atoms with Gasteiger partial charge in [-0.2, -0.15) is 21.8 Å². The van der Waals surface area contributed by atoms with Gasteiger partial charge in [-0.15, -0.1) is 12.4 Å². The van der Waals surface area contributed by atoms with Crippen LogP contribution in [0.4, 0.5) is 5.95 Å². The molecular formula is C15H28ClN5OS. The van der Waals surface area contributed by atoms with Crippen molar-refractivity contribution in [3.05, 3.63) is 5.82 Å². The summed E-state index contributed by atoms with van der Waals surface area (Å²) in [6.45, 7) is 4.21. The summed E-state index contributed by atoms with van der Waals surface area (Å²) in [4.78, 5) is 16.5. The van der Waals surface area contributed by atoms with Crippen LogP contribution in [-0.4, -0.2) is 45.3 Å². The third kappa shape index (κ3) is 6.69. The molecule has 1 saturated heterocycles. The highest BCUT2D eigenvalue weighted by molar-refractivity contribution is 7.99. The van der Waals surface area contributed by atoms with Crippen LogP contribution in [0.5, 0.6) is 0 Å². The van der Waals surface area contributed by atoms with Crippen LogP contribution in [0, 0.1) is 0 Å². The van der Waals surface area contributed by atoms with E-state index < -0.39 is 0 Å². The van der Waals surface area contributed by atoms with E-state index in [2.05, 4.69) is 27.6 Å². The lowest BCUT2D eigenvalue weighted by molar-refractivity contribution is -0.115. The molecule has 0 aliphatic carbocycles. The van der Waals surface area contributed by atoms with Crippen molar-refractivity contribution in [2.75, 3.05) is 29.9 Å². The first-order valence-corrected chi connectivity index (χ1v) is 9.35. The van der Waals surface area contributed by atoms with E-state index in [1.165, 1.54) is 12.8 Å². The molecule has 0 aromatic carbocycles. The number of aromatic nitrogens is 3. The Morgan fingerprint density at radius 3 is 2.83 bits per heavy atom. The van der Waals surface area contributed by atoms with Crippen LogP contribution in [0.25, 0.3) is 0 Å². The molecule has 0 radical (unpaired) electrons. The van der Waals surface area contributed by atoms with Crippen LogP contribution >= 0.6 is 24.2 Å². The van der Waals surface area contributed by atoms with Crippen LogP contribution in [0.1, 0.15) is 50.8 Å². The monoisotopic (exact) mass is 361 g/mol. The number of unbranched alkanes of at least 4 members (excludes halogenated alkanes) is 1. The zero-order valence-electron chi connectivity index (χ0n) is 14.0. The summed E-state index contributed by atoms with van der Waals surface area (Å²) in [6.07, 6.45) is 5.08. The van der Waals surface area contributed by atoms with Crippen molar-refractivity contribution in [2.24, 2.45) is 7.05 Å². The number of rotatable bonds is 8. The van der Waals surface area contributed by atoms with Crippen molar-refractivity contribution in [2.45, 2.75) is 44.9 Å². The summed E-state index contributed by atoms with van der Waals surface area (Å²) < 4.78 is 1.68. The number of aryl methyl sites for hydroxylation is 1. The fraction of sp³-hybridized carbons (Fsp3) is 0.800. The molecule has 1 amide bonds. The van der Waals surface area contributed by atoms with E-state index in [-0.39, 0.29) is 18.3 Å². The molecule has 0 spiro atoms. The first kappa shape index (κ1) is 20.3. The van der Waals surface area contributed by atoms with Crippen molar-refractivity contribution in [1.82, 2.24) is 20.1 Å². The lowest BCUT2D eigenvalue weighted by atomic mass is 9.98. The number of hydrogen-bond donors (Lipinski definition) is 2. The minimum Gasteiger partial charge on any atom is -0.317 e. The van der Waals surface area contributed by atoms with E-state index in [0.717, 1.165) is 43.3 Å². The highest BCUT2D eigenvalue weighted by Gasteiger charge is 2.21. The molecule has 0 atom stereocenters. The van der Waals surface area contributed by atoms with Crippen LogP contribution in [0.3, 0.4) is 0 Å². The molecule has 1 aromatic rings. The molecular weight excluding hydrogens is 334 g/mol. The van der Waals surface area contributed by atoms with Crippen molar-refractivity contribution >= 4 is 36.0 Å². The molecule has 0 bridgehead atoms. The van der Waals surface area contributed by atoms with E-state index in [9.17, 15) is 4.79 Å². The third-order valence-electron chi connectivity index (χ3n) is 3.85. The molecule has 1 aliphatic rings. The van der Waals surface area contributed by atoms with Crippen LogP contribution < -0.4 is 10.6 Å². The van der Waals surface area contributed by atoms with Gasteiger partial charge < -0.3 is 5.32 Å². The number of carbonyl (C=O) groups excluding carboxylic acids is 1. The largest absolute Gasteiger partial charge is 0.317 e. The molecule has 0 saturated carbocycles. The highest BCUT2D eigenvalue weighted by atomic mass is 35.5. The molecule has 1 aliphatic heterocycles. The normalized spacial score (nSPS) is 15.2. The van der Waals surface area contributed by atoms with Crippen LogP contribution in [0.2, 0.25) is 0 Å². The molecule has 132 valence electrons. The summed E-state index contributed by atoms with van der Waals surface area (Å²) in [5.41, 5.74) is 0. The van der Waals surface area contributed by atoms with Gasteiger partial charge in [0.25, 0.3) is 0 Å². The maximum atomic E-state index is 12.0. The first-order valence-electron chi connectivity index (χ1n) is 8.20. The fourth-order valence-corrected chi connectivity index (χ4v) is 3.49. The molecule has 6 nitrogen and oxygen atoms in total. The minimum atomic E-state index is 0. The predicted octanol–water partition coefficient (Wildman–Crippen LogP) is 2.57. The quantitative estimate of drug-likeness (QED) is 0.696. The van der Waals surface area contributed by atoms with Gasteiger partial charge in [-0.25, -0.2) is 4.68 Å². The highest BCUT2D eigenvalue weighted by Crippen LogP contribution is 2.23. The average Bonchev–Trinajstić information content (AvgIpc) is 2.89. The lowest BCUT2D eigenvalue weighted by Gasteiger charge is -2.19. The molecule has 8 heteroatoms. The molecule has 23 heavy (non-hydrogen) atoms. The Bertz CT molecular complexity index is 476. The second kappa shape index (κ2) is 10.9. The van der Waals surface area contributed by atoms with Crippen molar-refractivity contribution in [1.29, 1.82) is 0 Å². The van der Waals surface area contributed by atoms with E-state index in [4.69, 9.17) is 0 Å². The Labute approximate surface area is 149 Å². The van der Waals surface area contributed by atoms with Gasteiger partial charge >= 0.3 is 0 Å². The van der Waals surface area contributed by atoms with E-state index >= 15 is 0 Å². The Morgan fingerprint density at radius 2 is 2.13 bits per heavy atom. The van der Waals surface area contributed by atoms with E-state index in [1.54, 1.807) is 4.68 Å². The topological polar surface area (TPSA) is 71.8 Å². The van der Waals surface area contributed by atoms with Crippen LogP contribution in [-0.2, 0) is 11.8 Å². The molecule has 2 N–H and O–H groups in total. The van der Waals surface area contributed by atoms with Gasteiger partial charge in [0, 0.05) is 25.1 Å². The molecule has 1 fully saturated rings. The van der Waals surface area contributed by atoms with Gasteiger partial charge in [0.15, 0.2) is 5.82 Å². The number of anilines is 1. The second-order valence-corrected chi connectivity index (χ2v) is 6.93. The zero-order valence-corrected chi connectivity index (χ0v) is 15.6. The molecule has 2 heterocycles. The van der Waals surface area contributed by atoms with Crippen molar-refractivity contribution in [3.8, 4) is 0 Å². The number of hydrogen-bond acceptors (Lipinski definition) is 5. The lowest BCUT2D eigenvalue weighted by Crippen LogP contribution is -2.27. The summed E-state index contributed by atoms with van der Waals surface area (Å²) in [7, 11) is 1.84. The Morgan fingerprint density at radius 1 is 1.39 bits per heavy atom. The van der Waals surface area contributed by atoms with E-state index in [0.29, 0.717) is 18.3 Å². The second-order valence-electron chi connectivity index (χ2n) is 5.71. The standard InChI is InChI=1S/C15H27N5OS.ClH/c1-3-4-10-22-11-7-13(21)17-15-18-14(19-20(15)2)12-5-8-16-9-6-12;/h12,16H,3-11H2,1-2H3,(H,17,18,19,21);1H. The molecule has 0 unspecified atom stereocenters. The Balaban J connectivity index is 0.00000264. The average molecular weight is 362 g/mol. The van der Waals surface area contributed by atoms with Crippen LogP contribution in [0.15, 0.2) is 0 Å². The number of thioether (sulfide) groups is 1. The zero-order chi connectivity index (χ0) is 15.8. The number of halogens is 1. The van der Waals surface area contributed by atoms with Crippen molar-refractivity contribution in [3.63, 3.8) is 0 Å².